The van der Waals surface area contributed by atoms with Gasteiger partial charge in [-0.1, -0.05) is 0 Å². The van der Waals surface area contributed by atoms with Crippen LogP contribution >= 0.6 is 0 Å². The average molecular weight is 328 g/mol. The monoisotopic (exact) mass is 328 g/mol. The van der Waals surface area contributed by atoms with Crippen LogP contribution in [-0.2, 0) is 0 Å². The lowest BCUT2D eigenvalue weighted by Crippen LogP contribution is -2.55. The van der Waals surface area contributed by atoms with Crippen LogP contribution in [0.25, 0.3) is 0 Å². The molecule has 0 fully saturated rings. The quantitative estimate of drug-likeness (QED) is 0.491. The zero-order chi connectivity index (χ0) is 17.9. The normalized spacial score (nSPS) is 21.9. The van der Waals surface area contributed by atoms with Crippen LogP contribution in [-0.4, -0.2) is 45.8 Å². The standard InChI is InChI=1S/C17H20N4O3/c1-11(20-10-19)21(6-7-22)15-13-8-12(9-18)4-5-14(13)24-17(2,3)16(15)23/h4-5,8,15-16,22-23H,6-7H2,1-3H3/t15-,16+/m1/s1. The Morgan fingerprint density at radius 1 is 1.42 bits per heavy atom. The number of nitrogens with zero attached hydrogens (tertiary/aromatic N) is 4. The number of benzene rings is 1. The number of aliphatic imine (C=N–C) groups is 1. The van der Waals surface area contributed by atoms with Crippen molar-refractivity contribution in [2.24, 2.45) is 4.99 Å². The van der Waals surface area contributed by atoms with Gasteiger partial charge in [-0.25, -0.2) is 0 Å². The van der Waals surface area contributed by atoms with Crippen LogP contribution in [0.2, 0.25) is 0 Å². The van der Waals surface area contributed by atoms with E-state index in [1.807, 2.05) is 0 Å². The van der Waals surface area contributed by atoms with Crippen molar-refractivity contribution >= 4 is 5.84 Å². The van der Waals surface area contributed by atoms with Crippen LogP contribution in [0, 0.1) is 22.8 Å². The number of aliphatic hydroxyl groups is 2. The van der Waals surface area contributed by atoms with E-state index in [0.717, 1.165) is 0 Å². The summed E-state index contributed by atoms with van der Waals surface area (Å²) >= 11 is 0. The first-order valence-electron chi connectivity index (χ1n) is 7.57. The Balaban J connectivity index is 2.63. The van der Waals surface area contributed by atoms with E-state index >= 15 is 0 Å². The van der Waals surface area contributed by atoms with Crippen molar-refractivity contribution in [1.29, 1.82) is 10.5 Å². The molecule has 2 N–H and O–H groups in total. The third-order valence-electron chi connectivity index (χ3n) is 4.15. The highest BCUT2D eigenvalue weighted by Gasteiger charge is 2.45. The maximum atomic E-state index is 10.9. The molecule has 1 aromatic carbocycles. The second-order valence-electron chi connectivity index (χ2n) is 6.14. The Morgan fingerprint density at radius 3 is 2.71 bits per heavy atom. The van der Waals surface area contributed by atoms with Gasteiger partial charge in [0.15, 0.2) is 0 Å². The smallest absolute Gasteiger partial charge is 0.207 e. The fourth-order valence-electron chi connectivity index (χ4n) is 2.92. The molecule has 24 heavy (non-hydrogen) atoms. The molecule has 0 saturated heterocycles. The summed E-state index contributed by atoms with van der Waals surface area (Å²) in [5.74, 6) is 0.934. The topological polar surface area (TPSA) is 113 Å². The van der Waals surface area contributed by atoms with Crippen molar-refractivity contribution in [3.05, 3.63) is 29.3 Å². The number of fused-ring (bicyclic) bond motifs is 1. The van der Waals surface area contributed by atoms with Gasteiger partial charge in [-0.05, 0) is 39.0 Å². The summed E-state index contributed by atoms with van der Waals surface area (Å²) in [6, 6.07) is 6.48. The predicted octanol–water partition coefficient (Wildman–Crippen LogP) is 1.33. The van der Waals surface area contributed by atoms with Crippen LogP contribution in [0.1, 0.15) is 37.9 Å². The van der Waals surface area contributed by atoms with Gasteiger partial charge in [-0.2, -0.15) is 15.5 Å². The van der Waals surface area contributed by atoms with Gasteiger partial charge in [0, 0.05) is 12.1 Å². The van der Waals surface area contributed by atoms with Gasteiger partial charge >= 0.3 is 0 Å². The van der Waals surface area contributed by atoms with E-state index in [4.69, 9.17) is 15.3 Å². The summed E-state index contributed by atoms with van der Waals surface area (Å²) in [6.07, 6.45) is 0.777. The van der Waals surface area contributed by atoms with Crippen LogP contribution in [0.15, 0.2) is 23.2 Å². The zero-order valence-corrected chi connectivity index (χ0v) is 13.9. The maximum absolute atomic E-state index is 10.9. The van der Waals surface area contributed by atoms with E-state index in [1.165, 1.54) is 0 Å². The van der Waals surface area contributed by atoms with Crippen molar-refractivity contribution in [3.8, 4) is 18.0 Å². The minimum atomic E-state index is -0.950. The van der Waals surface area contributed by atoms with Crippen LogP contribution < -0.4 is 4.74 Å². The SMILES string of the molecule is CC(=NC#N)N(CCO)[C@@H]1c2cc(C#N)ccc2OC(C)(C)[C@H]1O. The summed E-state index contributed by atoms with van der Waals surface area (Å²) in [4.78, 5) is 5.40. The van der Waals surface area contributed by atoms with Crippen molar-refractivity contribution in [2.45, 2.75) is 38.5 Å². The molecule has 0 aliphatic carbocycles. The molecule has 2 rings (SSSR count). The summed E-state index contributed by atoms with van der Waals surface area (Å²) < 4.78 is 5.88. The summed E-state index contributed by atoms with van der Waals surface area (Å²) in [6.45, 7) is 5.18. The molecule has 1 aliphatic rings. The second-order valence-corrected chi connectivity index (χ2v) is 6.14. The van der Waals surface area contributed by atoms with Gasteiger partial charge in [-0.15, -0.1) is 0 Å². The highest BCUT2D eigenvalue weighted by Crippen LogP contribution is 2.43. The maximum Gasteiger partial charge on any atom is 0.207 e. The van der Waals surface area contributed by atoms with Crippen LogP contribution in [0.3, 0.4) is 0 Å². The Morgan fingerprint density at radius 2 is 2.12 bits per heavy atom. The molecule has 0 saturated carbocycles. The van der Waals surface area contributed by atoms with Gasteiger partial charge in [-0.3, -0.25) is 0 Å². The molecule has 0 aromatic heterocycles. The molecule has 7 nitrogen and oxygen atoms in total. The average Bonchev–Trinajstić information content (AvgIpc) is 2.54. The summed E-state index contributed by atoms with van der Waals surface area (Å²) in [5.41, 5.74) is 0.182. The molecule has 0 radical (unpaired) electrons. The first-order chi connectivity index (χ1) is 11.4. The highest BCUT2D eigenvalue weighted by atomic mass is 16.5. The van der Waals surface area contributed by atoms with Crippen molar-refractivity contribution in [2.75, 3.05) is 13.2 Å². The molecule has 2 atom stereocenters. The van der Waals surface area contributed by atoms with E-state index in [0.29, 0.717) is 22.7 Å². The zero-order valence-electron chi connectivity index (χ0n) is 13.9. The molecular weight excluding hydrogens is 308 g/mol. The van der Waals surface area contributed by atoms with Crippen molar-refractivity contribution in [1.82, 2.24) is 4.90 Å². The van der Waals surface area contributed by atoms with E-state index in [2.05, 4.69) is 11.1 Å². The minimum absolute atomic E-state index is 0.171. The lowest BCUT2D eigenvalue weighted by atomic mass is 9.85. The molecule has 0 unspecified atom stereocenters. The first-order valence-corrected chi connectivity index (χ1v) is 7.57. The van der Waals surface area contributed by atoms with Gasteiger partial charge in [0.05, 0.1) is 24.3 Å². The number of aliphatic hydroxyl groups excluding tert-OH is 2. The lowest BCUT2D eigenvalue weighted by molar-refractivity contribution is -0.0827. The van der Waals surface area contributed by atoms with E-state index in [1.54, 1.807) is 50.1 Å². The van der Waals surface area contributed by atoms with Crippen LogP contribution in [0.4, 0.5) is 0 Å². The number of nitriles is 2. The molecule has 1 aromatic rings. The molecule has 0 amide bonds. The molecule has 1 heterocycles. The largest absolute Gasteiger partial charge is 0.485 e. The fraction of sp³-hybridized carbons (Fsp3) is 0.471. The van der Waals surface area contributed by atoms with Gasteiger partial charge < -0.3 is 19.8 Å². The van der Waals surface area contributed by atoms with E-state index < -0.39 is 17.7 Å². The number of amidine groups is 1. The number of rotatable bonds is 3. The minimum Gasteiger partial charge on any atom is -0.485 e. The van der Waals surface area contributed by atoms with Crippen molar-refractivity contribution in [3.63, 3.8) is 0 Å². The molecule has 1 aliphatic heterocycles. The Kier molecular flexibility index (Phi) is 5.08. The van der Waals surface area contributed by atoms with Crippen molar-refractivity contribution < 1.29 is 14.9 Å². The van der Waals surface area contributed by atoms with Gasteiger partial charge in [0.2, 0.25) is 6.19 Å². The number of hydrogen-bond donors (Lipinski definition) is 2. The molecular formula is C17H20N4O3. The molecule has 7 heteroatoms. The Hall–Kier alpha value is -2.61. The predicted molar refractivity (Wildman–Crippen MR) is 87.1 cm³/mol. The summed E-state index contributed by atoms with van der Waals surface area (Å²) in [5, 5.41) is 38.3. The lowest BCUT2D eigenvalue weighted by Gasteiger charge is -2.46. The van der Waals surface area contributed by atoms with Gasteiger partial charge in [0.25, 0.3) is 0 Å². The third kappa shape index (κ3) is 3.18. The number of ether oxygens (including phenoxy) is 1. The first kappa shape index (κ1) is 17.7. The van der Waals surface area contributed by atoms with Gasteiger partial charge in [0.1, 0.15) is 23.3 Å². The fourth-order valence-corrected chi connectivity index (χ4v) is 2.92. The highest BCUT2D eigenvalue weighted by molar-refractivity contribution is 5.81. The Labute approximate surface area is 141 Å². The van der Waals surface area contributed by atoms with E-state index in [9.17, 15) is 10.2 Å². The number of hydrogen-bond acceptors (Lipinski definition) is 6. The summed E-state index contributed by atoms with van der Waals surface area (Å²) in [7, 11) is 0. The van der Waals surface area contributed by atoms with Crippen LogP contribution in [0.5, 0.6) is 5.75 Å². The molecule has 0 spiro atoms. The van der Waals surface area contributed by atoms with E-state index in [-0.39, 0.29) is 13.2 Å². The Bertz CT molecular complexity index is 730. The molecule has 0 bridgehead atoms. The molecule has 126 valence electrons. The third-order valence-corrected chi connectivity index (χ3v) is 4.15. The second kappa shape index (κ2) is 6.88.